The normalized spacial score (nSPS) is 51.5. The van der Waals surface area contributed by atoms with Crippen LogP contribution >= 0.6 is 0 Å². The highest BCUT2D eigenvalue weighted by molar-refractivity contribution is 5.02. The predicted molar refractivity (Wildman–Crippen MR) is 47.6 cm³/mol. The van der Waals surface area contributed by atoms with Crippen LogP contribution in [0.3, 0.4) is 0 Å². The number of hydrogen-bond acceptors (Lipinski definition) is 1. The minimum absolute atomic E-state index is 0.675. The van der Waals surface area contributed by atoms with E-state index in [4.69, 9.17) is 0 Å². The average Bonchev–Trinajstić information content (AvgIpc) is 2.36. The maximum atomic E-state index is 2.59. The fraction of sp³-hybridized carbons (Fsp3) is 1.00. The van der Waals surface area contributed by atoms with Gasteiger partial charge in [-0.25, -0.2) is 0 Å². The van der Waals surface area contributed by atoms with Crippen LogP contribution < -0.4 is 0 Å². The van der Waals surface area contributed by atoms with E-state index in [9.17, 15) is 0 Å². The smallest absolute Gasteiger partial charge is 0.0149 e. The van der Waals surface area contributed by atoms with Gasteiger partial charge in [-0.15, -0.1) is 0 Å². The van der Waals surface area contributed by atoms with Gasteiger partial charge in [-0.2, -0.15) is 0 Å². The summed E-state index contributed by atoms with van der Waals surface area (Å²) in [7, 11) is 2.30. The first-order valence-corrected chi connectivity index (χ1v) is 4.85. The Morgan fingerprint density at radius 1 is 1.45 bits per heavy atom. The molecule has 0 aromatic rings. The highest BCUT2D eigenvalue weighted by Gasteiger charge is 2.48. The van der Waals surface area contributed by atoms with Gasteiger partial charge in [0.25, 0.3) is 0 Å². The van der Waals surface area contributed by atoms with Gasteiger partial charge in [0.1, 0.15) is 0 Å². The predicted octanol–water partition coefficient (Wildman–Crippen LogP) is 2.27. The largest absolute Gasteiger partial charge is 0.300 e. The van der Waals surface area contributed by atoms with E-state index >= 15 is 0 Å². The van der Waals surface area contributed by atoms with Crippen molar-refractivity contribution in [2.45, 2.75) is 51.6 Å². The molecule has 2 aliphatic rings. The van der Waals surface area contributed by atoms with Crippen molar-refractivity contribution in [1.82, 2.24) is 4.90 Å². The molecule has 2 rings (SSSR count). The van der Waals surface area contributed by atoms with Gasteiger partial charge in [0.2, 0.25) is 0 Å². The monoisotopic (exact) mass is 153 g/mol. The minimum atomic E-state index is 0.675. The molecule has 0 amide bonds. The zero-order chi connectivity index (χ0) is 8.06. The fourth-order valence-electron chi connectivity index (χ4n) is 3.27. The summed E-state index contributed by atoms with van der Waals surface area (Å²) in [4.78, 5) is 2.59. The molecule has 11 heavy (non-hydrogen) atoms. The lowest BCUT2D eigenvalue weighted by Crippen LogP contribution is -2.33. The molecule has 1 saturated carbocycles. The summed E-state index contributed by atoms with van der Waals surface area (Å²) in [6.45, 7) is 4.84. The van der Waals surface area contributed by atoms with Gasteiger partial charge in [-0.05, 0) is 38.6 Å². The van der Waals surface area contributed by atoms with Gasteiger partial charge in [-0.3, -0.25) is 0 Å². The second-order valence-electron chi connectivity index (χ2n) is 4.78. The van der Waals surface area contributed by atoms with Crippen molar-refractivity contribution in [3.8, 4) is 0 Å². The second-order valence-corrected chi connectivity index (χ2v) is 4.78. The van der Waals surface area contributed by atoms with Crippen LogP contribution in [0.25, 0.3) is 0 Å². The van der Waals surface area contributed by atoms with Crippen LogP contribution in [0.4, 0.5) is 0 Å². The summed E-state index contributed by atoms with van der Waals surface area (Å²) in [5.41, 5.74) is 0.675. The van der Waals surface area contributed by atoms with Crippen LogP contribution in [0.2, 0.25) is 0 Å². The first-order chi connectivity index (χ1) is 5.13. The van der Waals surface area contributed by atoms with E-state index in [1.54, 1.807) is 0 Å². The summed E-state index contributed by atoms with van der Waals surface area (Å²) in [5.74, 6) is 0. The SMILES string of the molecule is CC1CC2(C)CCCC2N1C. The number of hydrogen-bond donors (Lipinski definition) is 0. The van der Waals surface area contributed by atoms with Crippen LogP contribution in [0.15, 0.2) is 0 Å². The van der Waals surface area contributed by atoms with Crippen LogP contribution in [0.1, 0.15) is 39.5 Å². The van der Waals surface area contributed by atoms with Gasteiger partial charge in [0, 0.05) is 12.1 Å². The molecule has 1 heterocycles. The topological polar surface area (TPSA) is 3.24 Å². The van der Waals surface area contributed by atoms with E-state index < -0.39 is 0 Å². The molecule has 1 aliphatic heterocycles. The summed E-state index contributed by atoms with van der Waals surface area (Å²) in [6.07, 6.45) is 5.79. The van der Waals surface area contributed by atoms with Crippen LogP contribution in [-0.2, 0) is 0 Å². The molecule has 1 saturated heterocycles. The van der Waals surface area contributed by atoms with Gasteiger partial charge in [0.15, 0.2) is 0 Å². The lowest BCUT2D eigenvalue weighted by Gasteiger charge is -2.26. The summed E-state index contributed by atoms with van der Waals surface area (Å²) >= 11 is 0. The van der Waals surface area contributed by atoms with Crippen LogP contribution in [0, 0.1) is 5.41 Å². The van der Waals surface area contributed by atoms with E-state index in [1.165, 1.54) is 25.7 Å². The van der Waals surface area contributed by atoms with Crippen molar-refractivity contribution >= 4 is 0 Å². The molecule has 1 aliphatic carbocycles. The van der Waals surface area contributed by atoms with Gasteiger partial charge in [-0.1, -0.05) is 13.3 Å². The number of likely N-dealkylation sites (tertiary alicyclic amines) is 1. The van der Waals surface area contributed by atoms with E-state index in [0.29, 0.717) is 5.41 Å². The lowest BCUT2D eigenvalue weighted by molar-refractivity contribution is 0.212. The third kappa shape index (κ3) is 0.936. The van der Waals surface area contributed by atoms with E-state index in [-0.39, 0.29) is 0 Å². The van der Waals surface area contributed by atoms with Crippen molar-refractivity contribution in [3.05, 3.63) is 0 Å². The number of nitrogens with zero attached hydrogens (tertiary/aromatic N) is 1. The Balaban J connectivity index is 2.21. The van der Waals surface area contributed by atoms with Gasteiger partial charge >= 0.3 is 0 Å². The quantitative estimate of drug-likeness (QED) is 0.516. The zero-order valence-electron chi connectivity index (χ0n) is 7.93. The fourth-order valence-corrected chi connectivity index (χ4v) is 3.27. The van der Waals surface area contributed by atoms with Crippen LogP contribution in [0.5, 0.6) is 0 Å². The molecular weight excluding hydrogens is 134 g/mol. The van der Waals surface area contributed by atoms with Crippen molar-refractivity contribution in [2.75, 3.05) is 7.05 Å². The molecule has 0 aromatic heterocycles. The Labute approximate surface area is 69.8 Å². The molecule has 0 spiro atoms. The molecule has 0 aromatic carbocycles. The second kappa shape index (κ2) is 2.22. The Kier molecular flexibility index (Phi) is 1.54. The Hall–Kier alpha value is -0.0400. The van der Waals surface area contributed by atoms with E-state index in [1.807, 2.05) is 0 Å². The third-order valence-electron chi connectivity index (χ3n) is 3.98. The molecule has 1 nitrogen and oxygen atoms in total. The molecule has 3 unspecified atom stereocenters. The van der Waals surface area contributed by atoms with E-state index in [0.717, 1.165) is 12.1 Å². The number of fused-ring (bicyclic) bond motifs is 1. The molecule has 64 valence electrons. The molecule has 0 N–H and O–H groups in total. The Morgan fingerprint density at radius 3 is 2.82 bits per heavy atom. The van der Waals surface area contributed by atoms with Gasteiger partial charge < -0.3 is 4.90 Å². The Morgan fingerprint density at radius 2 is 2.18 bits per heavy atom. The molecule has 0 radical (unpaired) electrons. The molecule has 1 heteroatoms. The van der Waals surface area contributed by atoms with Crippen molar-refractivity contribution in [3.63, 3.8) is 0 Å². The average molecular weight is 153 g/mol. The summed E-state index contributed by atoms with van der Waals surface area (Å²) in [5, 5.41) is 0. The molecular formula is C10H19N. The van der Waals surface area contributed by atoms with Crippen LogP contribution in [-0.4, -0.2) is 24.0 Å². The standard InChI is InChI=1S/C10H19N/c1-8-7-10(2)6-4-5-9(10)11(8)3/h8-9H,4-7H2,1-3H3. The molecule has 3 atom stereocenters. The highest BCUT2D eigenvalue weighted by atomic mass is 15.2. The first-order valence-electron chi connectivity index (χ1n) is 4.85. The van der Waals surface area contributed by atoms with Crippen molar-refractivity contribution in [1.29, 1.82) is 0 Å². The van der Waals surface area contributed by atoms with E-state index in [2.05, 4.69) is 25.8 Å². The maximum Gasteiger partial charge on any atom is 0.0149 e. The zero-order valence-corrected chi connectivity index (χ0v) is 7.93. The van der Waals surface area contributed by atoms with Crippen molar-refractivity contribution in [2.24, 2.45) is 5.41 Å². The Bertz CT molecular complexity index is 166. The van der Waals surface area contributed by atoms with Gasteiger partial charge in [0.05, 0.1) is 0 Å². The van der Waals surface area contributed by atoms with Crippen molar-refractivity contribution < 1.29 is 0 Å². The molecule has 0 bridgehead atoms. The summed E-state index contributed by atoms with van der Waals surface area (Å²) < 4.78 is 0. The lowest BCUT2D eigenvalue weighted by atomic mass is 9.84. The highest BCUT2D eigenvalue weighted by Crippen LogP contribution is 2.49. The molecule has 2 fully saturated rings. The maximum absolute atomic E-state index is 2.59. The number of rotatable bonds is 0. The minimum Gasteiger partial charge on any atom is -0.300 e. The third-order valence-corrected chi connectivity index (χ3v) is 3.98. The summed E-state index contributed by atoms with van der Waals surface area (Å²) in [6, 6.07) is 1.72. The first kappa shape index (κ1) is 7.60.